The van der Waals surface area contributed by atoms with Crippen molar-refractivity contribution in [3.8, 4) is 5.75 Å². The Bertz CT molecular complexity index is 808. The maximum atomic E-state index is 12.3. The summed E-state index contributed by atoms with van der Waals surface area (Å²) in [6.07, 6.45) is 3.32. The minimum absolute atomic E-state index is 0.213. The second kappa shape index (κ2) is 6.98. The van der Waals surface area contributed by atoms with Gasteiger partial charge < -0.3 is 19.4 Å². The van der Waals surface area contributed by atoms with E-state index in [4.69, 9.17) is 4.42 Å². The molecule has 0 bridgehead atoms. The first kappa shape index (κ1) is 15.1. The molecule has 0 aliphatic carbocycles. The molecule has 5 nitrogen and oxygen atoms in total. The van der Waals surface area contributed by atoms with Crippen LogP contribution < -0.4 is 10.9 Å². The number of hydrogen-bond acceptors (Lipinski definition) is 4. The van der Waals surface area contributed by atoms with Crippen LogP contribution in [0, 0.1) is 0 Å². The number of nitrogens with one attached hydrogen (secondary N) is 1. The van der Waals surface area contributed by atoms with Gasteiger partial charge in [-0.1, -0.05) is 30.3 Å². The van der Waals surface area contributed by atoms with Crippen LogP contribution in [-0.2, 0) is 19.6 Å². The molecule has 0 atom stereocenters. The van der Waals surface area contributed by atoms with Gasteiger partial charge in [0.25, 0.3) is 5.56 Å². The minimum Gasteiger partial charge on any atom is -0.503 e. The number of hydrogen-bond donors (Lipinski definition) is 2. The summed E-state index contributed by atoms with van der Waals surface area (Å²) in [5.74, 6) is 0.595. The van der Waals surface area contributed by atoms with Crippen molar-refractivity contribution in [2.45, 2.75) is 19.6 Å². The molecule has 118 valence electrons. The number of rotatable bonds is 6. The van der Waals surface area contributed by atoms with Gasteiger partial charge in [0.05, 0.1) is 19.4 Å². The number of aromatic hydroxyl groups is 1. The molecule has 2 N–H and O–H groups in total. The normalized spacial score (nSPS) is 10.8. The molecule has 0 aliphatic heterocycles. The zero-order chi connectivity index (χ0) is 16.1. The molecule has 1 aromatic carbocycles. The molecule has 0 saturated carbocycles. The zero-order valence-corrected chi connectivity index (χ0v) is 12.6. The molecule has 3 rings (SSSR count). The molecular weight excluding hydrogens is 292 g/mol. The van der Waals surface area contributed by atoms with Gasteiger partial charge in [-0.15, -0.1) is 0 Å². The lowest BCUT2D eigenvalue weighted by atomic mass is 10.2. The fraction of sp³-hybridized carbons (Fsp3) is 0.167. The van der Waals surface area contributed by atoms with Crippen molar-refractivity contribution < 1.29 is 9.52 Å². The zero-order valence-electron chi connectivity index (χ0n) is 12.6. The quantitative estimate of drug-likeness (QED) is 0.734. The van der Waals surface area contributed by atoms with Crippen LogP contribution in [0.3, 0.4) is 0 Å². The molecular formula is C18H18N2O3. The van der Waals surface area contributed by atoms with Crippen molar-refractivity contribution in [2.24, 2.45) is 0 Å². The smallest absolute Gasteiger partial charge is 0.293 e. The Morgan fingerprint density at radius 1 is 1.04 bits per heavy atom. The molecule has 0 fully saturated rings. The van der Waals surface area contributed by atoms with E-state index in [1.165, 1.54) is 4.57 Å². The maximum absolute atomic E-state index is 12.3. The summed E-state index contributed by atoms with van der Waals surface area (Å²) in [4.78, 5) is 12.3. The lowest BCUT2D eigenvalue weighted by Gasteiger charge is -2.10. The van der Waals surface area contributed by atoms with Crippen molar-refractivity contribution >= 4 is 0 Å². The Morgan fingerprint density at radius 3 is 2.61 bits per heavy atom. The van der Waals surface area contributed by atoms with E-state index in [1.54, 1.807) is 18.5 Å². The van der Waals surface area contributed by atoms with Crippen molar-refractivity contribution in [1.82, 2.24) is 9.88 Å². The molecule has 2 heterocycles. The average molecular weight is 310 g/mol. The van der Waals surface area contributed by atoms with E-state index < -0.39 is 0 Å². The first-order valence-corrected chi connectivity index (χ1v) is 7.42. The molecule has 23 heavy (non-hydrogen) atoms. The van der Waals surface area contributed by atoms with Crippen LogP contribution in [0.15, 0.2) is 70.2 Å². The number of pyridine rings is 1. The summed E-state index contributed by atoms with van der Waals surface area (Å²) in [6.45, 7) is 1.38. The summed E-state index contributed by atoms with van der Waals surface area (Å²) in [6, 6.07) is 15.1. The van der Waals surface area contributed by atoms with Crippen LogP contribution in [-0.4, -0.2) is 9.67 Å². The predicted molar refractivity (Wildman–Crippen MR) is 87.2 cm³/mol. The fourth-order valence-corrected chi connectivity index (χ4v) is 2.38. The van der Waals surface area contributed by atoms with E-state index in [-0.39, 0.29) is 11.3 Å². The monoisotopic (exact) mass is 310 g/mol. The van der Waals surface area contributed by atoms with Gasteiger partial charge in [0.1, 0.15) is 5.76 Å². The van der Waals surface area contributed by atoms with Gasteiger partial charge in [-0.25, -0.2) is 0 Å². The lowest BCUT2D eigenvalue weighted by molar-refractivity contribution is 0.443. The van der Waals surface area contributed by atoms with Crippen molar-refractivity contribution in [1.29, 1.82) is 0 Å². The number of benzene rings is 1. The van der Waals surface area contributed by atoms with E-state index in [9.17, 15) is 9.90 Å². The highest BCUT2D eigenvalue weighted by molar-refractivity contribution is 5.29. The maximum Gasteiger partial charge on any atom is 0.293 e. The minimum atomic E-state index is -0.383. The Balaban J connectivity index is 1.69. The van der Waals surface area contributed by atoms with E-state index in [0.717, 1.165) is 11.3 Å². The van der Waals surface area contributed by atoms with Gasteiger partial charge in [0.15, 0.2) is 5.75 Å². The molecule has 2 aromatic heterocycles. The summed E-state index contributed by atoms with van der Waals surface area (Å²) in [5.41, 5.74) is 1.20. The Hall–Kier alpha value is -2.79. The van der Waals surface area contributed by atoms with Gasteiger partial charge in [-0.2, -0.15) is 0 Å². The topological polar surface area (TPSA) is 67.4 Å². The molecule has 5 heteroatoms. The van der Waals surface area contributed by atoms with Crippen LogP contribution in [0.25, 0.3) is 0 Å². The van der Waals surface area contributed by atoms with E-state index in [2.05, 4.69) is 5.32 Å². The Morgan fingerprint density at radius 2 is 1.87 bits per heavy atom. The first-order chi connectivity index (χ1) is 11.2. The third-order valence-electron chi connectivity index (χ3n) is 3.61. The van der Waals surface area contributed by atoms with Crippen molar-refractivity contribution in [3.63, 3.8) is 0 Å². The van der Waals surface area contributed by atoms with Gasteiger partial charge >= 0.3 is 0 Å². The second-order valence-corrected chi connectivity index (χ2v) is 5.29. The van der Waals surface area contributed by atoms with Gasteiger partial charge in [-0.05, 0) is 23.8 Å². The molecule has 0 amide bonds. The van der Waals surface area contributed by atoms with E-state index >= 15 is 0 Å². The number of nitrogens with zero attached hydrogens (tertiary/aromatic N) is 1. The predicted octanol–water partition coefficient (Wildman–Crippen LogP) is 2.49. The van der Waals surface area contributed by atoms with Gasteiger partial charge in [0, 0.05) is 18.3 Å². The molecule has 0 radical (unpaired) electrons. The second-order valence-electron chi connectivity index (χ2n) is 5.29. The standard InChI is InChI=1S/C18H18N2O3/c21-17-15(11-19-12-16-7-4-10-23-16)8-9-20(18(17)22)13-14-5-2-1-3-6-14/h1-10,19,21H,11-13H2. The van der Waals surface area contributed by atoms with Crippen LogP contribution in [0.2, 0.25) is 0 Å². The molecule has 0 aliphatic rings. The summed E-state index contributed by atoms with van der Waals surface area (Å²) >= 11 is 0. The van der Waals surface area contributed by atoms with Crippen LogP contribution >= 0.6 is 0 Å². The molecule has 0 unspecified atom stereocenters. The highest BCUT2D eigenvalue weighted by atomic mass is 16.3. The van der Waals surface area contributed by atoms with E-state index in [0.29, 0.717) is 25.2 Å². The van der Waals surface area contributed by atoms with Gasteiger partial charge in [0.2, 0.25) is 0 Å². The highest BCUT2D eigenvalue weighted by Crippen LogP contribution is 2.12. The van der Waals surface area contributed by atoms with Crippen molar-refractivity contribution in [3.05, 3.63) is 88.2 Å². The molecule has 0 saturated heterocycles. The SMILES string of the molecule is O=c1c(O)c(CNCc2ccco2)ccn1Cc1ccccc1. The largest absolute Gasteiger partial charge is 0.503 e. The first-order valence-electron chi connectivity index (χ1n) is 7.42. The van der Waals surface area contributed by atoms with Crippen molar-refractivity contribution in [2.75, 3.05) is 0 Å². The summed E-state index contributed by atoms with van der Waals surface area (Å²) in [5, 5.41) is 13.3. The summed E-state index contributed by atoms with van der Waals surface area (Å²) < 4.78 is 6.72. The van der Waals surface area contributed by atoms with Crippen LogP contribution in [0.1, 0.15) is 16.9 Å². The Kier molecular flexibility index (Phi) is 4.59. The lowest BCUT2D eigenvalue weighted by Crippen LogP contribution is -2.22. The number of aromatic nitrogens is 1. The number of furan rings is 1. The highest BCUT2D eigenvalue weighted by Gasteiger charge is 2.09. The third kappa shape index (κ3) is 3.70. The Labute approximate surface area is 133 Å². The van der Waals surface area contributed by atoms with Gasteiger partial charge in [-0.3, -0.25) is 4.79 Å². The average Bonchev–Trinajstić information content (AvgIpc) is 3.08. The van der Waals surface area contributed by atoms with E-state index in [1.807, 2.05) is 42.5 Å². The van der Waals surface area contributed by atoms with Crippen LogP contribution in [0.5, 0.6) is 5.75 Å². The fourth-order valence-electron chi connectivity index (χ4n) is 2.38. The van der Waals surface area contributed by atoms with Crippen LogP contribution in [0.4, 0.5) is 0 Å². The summed E-state index contributed by atoms with van der Waals surface area (Å²) in [7, 11) is 0. The molecule has 3 aromatic rings. The molecule has 0 spiro atoms. The third-order valence-corrected chi connectivity index (χ3v) is 3.61.